The fourth-order valence-corrected chi connectivity index (χ4v) is 2.40. The van der Waals surface area contributed by atoms with Crippen LogP contribution in [0, 0.1) is 0 Å². The average Bonchev–Trinajstić information content (AvgIpc) is 2.54. The Morgan fingerprint density at radius 2 is 1.85 bits per heavy atom. The van der Waals surface area contributed by atoms with Crippen LogP contribution in [-0.4, -0.2) is 10.8 Å². The Morgan fingerprint density at radius 1 is 1.05 bits per heavy atom. The summed E-state index contributed by atoms with van der Waals surface area (Å²) < 4.78 is 0. The molecule has 0 radical (unpaired) electrons. The van der Waals surface area contributed by atoms with Crippen LogP contribution >= 0.6 is 0 Å². The lowest BCUT2D eigenvalue weighted by Gasteiger charge is -2.08. The molecule has 0 saturated carbocycles. The number of carbonyl (C=O) groups excluding carboxylic acids is 1. The SMILES string of the molecule is CCc1cc(C(=O)c2ccccn2)c2ccccc2c1. The van der Waals surface area contributed by atoms with Crippen molar-refractivity contribution < 1.29 is 4.79 Å². The van der Waals surface area contributed by atoms with Crippen molar-refractivity contribution in [3.05, 3.63) is 77.6 Å². The summed E-state index contributed by atoms with van der Waals surface area (Å²) in [6, 6.07) is 17.5. The van der Waals surface area contributed by atoms with E-state index in [2.05, 4.69) is 18.0 Å². The maximum absolute atomic E-state index is 12.7. The molecule has 0 N–H and O–H groups in total. The topological polar surface area (TPSA) is 30.0 Å². The Kier molecular flexibility index (Phi) is 3.30. The first-order chi connectivity index (χ1) is 9.79. The molecule has 0 bridgehead atoms. The van der Waals surface area contributed by atoms with Gasteiger partial charge in [-0.3, -0.25) is 9.78 Å². The second kappa shape index (κ2) is 5.25. The number of hydrogen-bond donors (Lipinski definition) is 0. The fraction of sp³-hybridized carbons (Fsp3) is 0.111. The second-order valence-electron chi connectivity index (χ2n) is 4.76. The zero-order chi connectivity index (χ0) is 13.9. The molecule has 0 aliphatic heterocycles. The van der Waals surface area contributed by atoms with Crippen LogP contribution in [0.15, 0.2) is 60.8 Å². The Hall–Kier alpha value is -2.48. The highest BCUT2D eigenvalue weighted by atomic mass is 16.1. The molecule has 20 heavy (non-hydrogen) atoms. The van der Waals surface area contributed by atoms with Gasteiger partial charge in [0.15, 0.2) is 0 Å². The summed E-state index contributed by atoms with van der Waals surface area (Å²) in [5.74, 6) is -0.0166. The minimum atomic E-state index is -0.0166. The maximum Gasteiger partial charge on any atom is 0.211 e. The van der Waals surface area contributed by atoms with Crippen molar-refractivity contribution in [3.63, 3.8) is 0 Å². The van der Waals surface area contributed by atoms with Gasteiger partial charge in [0.2, 0.25) is 5.78 Å². The van der Waals surface area contributed by atoms with E-state index in [0.717, 1.165) is 22.8 Å². The molecule has 0 amide bonds. The smallest absolute Gasteiger partial charge is 0.211 e. The Bertz CT molecular complexity index is 763. The van der Waals surface area contributed by atoms with Crippen molar-refractivity contribution in [1.29, 1.82) is 0 Å². The van der Waals surface area contributed by atoms with Gasteiger partial charge in [0.1, 0.15) is 5.69 Å². The summed E-state index contributed by atoms with van der Waals surface area (Å²) in [4.78, 5) is 16.8. The monoisotopic (exact) mass is 261 g/mol. The highest BCUT2D eigenvalue weighted by molar-refractivity contribution is 6.15. The number of fused-ring (bicyclic) bond motifs is 1. The molecule has 2 aromatic carbocycles. The molecule has 0 saturated heterocycles. The summed E-state index contributed by atoms with van der Waals surface area (Å²) in [6.45, 7) is 2.10. The summed E-state index contributed by atoms with van der Waals surface area (Å²) >= 11 is 0. The van der Waals surface area contributed by atoms with Crippen molar-refractivity contribution in [3.8, 4) is 0 Å². The van der Waals surface area contributed by atoms with E-state index in [1.54, 1.807) is 12.3 Å². The predicted octanol–water partition coefficient (Wildman–Crippen LogP) is 4.03. The highest BCUT2D eigenvalue weighted by Gasteiger charge is 2.14. The first-order valence-corrected chi connectivity index (χ1v) is 6.77. The first-order valence-electron chi connectivity index (χ1n) is 6.77. The summed E-state index contributed by atoms with van der Waals surface area (Å²) in [5.41, 5.74) is 2.40. The summed E-state index contributed by atoms with van der Waals surface area (Å²) in [7, 11) is 0. The average molecular weight is 261 g/mol. The van der Waals surface area contributed by atoms with Crippen LogP contribution in [0.2, 0.25) is 0 Å². The van der Waals surface area contributed by atoms with E-state index < -0.39 is 0 Å². The molecule has 3 rings (SSSR count). The van der Waals surface area contributed by atoms with Crippen LogP contribution in [0.1, 0.15) is 28.5 Å². The molecule has 0 unspecified atom stereocenters. The second-order valence-corrected chi connectivity index (χ2v) is 4.76. The number of aryl methyl sites for hydroxylation is 1. The third kappa shape index (κ3) is 2.21. The number of rotatable bonds is 3. The fourth-order valence-electron chi connectivity index (χ4n) is 2.40. The molecule has 98 valence electrons. The molecule has 0 fully saturated rings. The largest absolute Gasteiger partial charge is 0.287 e. The molecule has 2 nitrogen and oxygen atoms in total. The lowest BCUT2D eigenvalue weighted by molar-refractivity contribution is 0.103. The lowest BCUT2D eigenvalue weighted by atomic mass is 9.96. The van der Waals surface area contributed by atoms with Crippen molar-refractivity contribution in [2.45, 2.75) is 13.3 Å². The van der Waals surface area contributed by atoms with Gasteiger partial charge < -0.3 is 0 Å². The molecule has 0 spiro atoms. The predicted molar refractivity (Wildman–Crippen MR) is 81.0 cm³/mol. The number of aromatic nitrogens is 1. The first kappa shape index (κ1) is 12.5. The van der Waals surface area contributed by atoms with Crippen LogP contribution < -0.4 is 0 Å². The zero-order valence-electron chi connectivity index (χ0n) is 11.3. The zero-order valence-corrected chi connectivity index (χ0v) is 11.3. The molecule has 1 aromatic heterocycles. The van der Waals surface area contributed by atoms with Gasteiger partial charge in [0.05, 0.1) is 0 Å². The van der Waals surface area contributed by atoms with Crippen LogP contribution in [0.4, 0.5) is 0 Å². The van der Waals surface area contributed by atoms with Gasteiger partial charge in [-0.15, -0.1) is 0 Å². The molecular weight excluding hydrogens is 246 g/mol. The van der Waals surface area contributed by atoms with Gasteiger partial charge in [0, 0.05) is 11.8 Å². The van der Waals surface area contributed by atoms with Crippen molar-refractivity contribution in [1.82, 2.24) is 4.98 Å². The molecule has 0 aliphatic rings. The van der Waals surface area contributed by atoms with Gasteiger partial charge in [-0.1, -0.05) is 43.3 Å². The lowest BCUT2D eigenvalue weighted by Crippen LogP contribution is -2.05. The normalized spacial score (nSPS) is 10.7. The van der Waals surface area contributed by atoms with E-state index in [1.807, 2.05) is 42.5 Å². The Labute approximate surface area is 118 Å². The van der Waals surface area contributed by atoms with E-state index >= 15 is 0 Å². The number of benzene rings is 2. The number of hydrogen-bond acceptors (Lipinski definition) is 2. The van der Waals surface area contributed by atoms with Crippen LogP contribution in [0.3, 0.4) is 0 Å². The third-order valence-electron chi connectivity index (χ3n) is 3.47. The quantitative estimate of drug-likeness (QED) is 0.666. The van der Waals surface area contributed by atoms with E-state index in [9.17, 15) is 4.79 Å². The number of pyridine rings is 1. The van der Waals surface area contributed by atoms with Gasteiger partial charge in [0.25, 0.3) is 0 Å². The minimum Gasteiger partial charge on any atom is -0.287 e. The number of carbonyl (C=O) groups is 1. The van der Waals surface area contributed by atoms with E-state index in [-0.39, 0.29) is 5.78 Å². The third-order valence-corrected chi connectivity index (χ3v) is 3.47. The summed E-state index contributed by atoms with van der Waals surface area (Å²) in [6.07, 6.45) is 2.56. The number of nitrogens with zero attached hydrogens (tertiary/aromatic N) is 1. The molecular formula is C18H15NO. The van der Waals surface area contributed by atoms with Gasteiger partial charge in [-0.05, 0) is 41.0 Å². The molecule has 2 heteroatoms. The van der Waals surface area contributed by atoms with Crippen molar-refractivity contribution in [2.75, 3.05) is 0 Å². The maximum atomic E-state index is 12.7. The van der Waals surface area contributed by atoms with Crippen molar-refractivity contribution in [2.24, 2.45) is 0 Å². The van der Waals surface area contributed by atoms with Gasteiger partial charge >= 0.3 is 0 Å². The van der Waals surface area contributed by atoms with Gasteiger partial charge in [-0.25, -0.2) is 0 Å². The van der Waals surface area contributed by atoms with Crippen LogP contribution in [-0.2, 0) is 6.42 Å². The Balaban J connectivity index is 2.22. The van der Waals surface area contributed by atoms with Crippen LogP contribution in [0.5, 0.6) is 0 Å². The minimum absolute atomic E-state index is 0.0166. The molecule has 1 heterocycles. The Morgan fingerprint density at radius 3 is 2.60 bits per heavy atom. The van der Waals surface area contributed by atoms with Gasteiger partial charge in [-0.2, -0.15) is 0 Å². The van der Waals surface area contributed by atoms with Crippen molar-refractivity contribution >= 4 is 16.6 Å². The molecule has 0 atom stereocenters. The standard InChI is InChI=1S/C18H15NO/c1-2-13-11-14-7-3-4-8-15(14)16(12-13)18(20)17-9-5-6-10-19-17/h3-12H,2H2,1H3. The van der Waals surface area contributed by atoms with E-state index in [4.69, 9.17) is 0 Å². The molecule has 0 aliphatic carbocycles. The summed E-state index contributed by atoms with van der Waals surface area (Å²) in [5, 5.41) is 2.09. The number of ketones is 1. The van der Waals surface area contributed by atoms with E-state index in [1.165, 1.54) is 5.56 Å². The van der Waals surface area contributed by atoms with E-state index in [0.29, 0.717) is 5.69 Å². The van der Waals surface area contributed by atoms with Crippen LogP contribution in [0.25, 0.3) is 10.8 Å². The highest BCUT2D eigenvalue weighted by Crippen LogP contribution is 2.23. The molecule has 3 aromatic rings.